The fourth-order valence-electron chi connectivity index (χ4n) is 2.63. The Hall–Kier alpha value is -4.01. The molecule has 3 N–H and O–H groups in total. The minimum atomic E-state index is -0.391. The van der Waals surface area contributed by atoms with Gasteiger partial charge in [0.1, 0.15) is 17.1 Å². The number of hydrazone groups is 1. The Labute approximate surface area is 166 Å². The summed E-state index contributed by atoms with van der Waals surface area (Å²) in [5.41, 5.74) is 1.62. The summed E-state index contributed by atoms with van der Waals surface area (Å²) in [6.45, 7) is 0. The Bertz CT molecular complexity index is 1160. The van der Waals surface area contributed by atoms with Crippen LogP contribution in [0.25, 0.3) is 11.0 Å². The molecule has 1 amide bonds. The van der Waals surface area contributed by atoms with Crippen molar-refractivity contribution >= 4 is 34.6 Å². The molecule has 29 heavy (non-hydrogen) atoms. The Balaban J connectivity index is 1.91. The van der Waals surface area contributed by atoms with Crippen LogP contribution in [-0.4, -0.2) is 53.9 Å². The van der Waals surface area contributed by atoms with Gasteiger partial charge in [0.2, 0.25) is 0 Å². The van der Waals surface area contributed by atoms with E-state index in [-0.39, 0.29) is 17.2 Å². The number of benzene rings is 1. The molecule has 1 aromatic carbocycles. The first-order valence-electron chi connectivity index (χ1n) is 8.64. The third-order valence-electron chi connectivity index (χ3n) is 4.18. The third kappa shape index (κ3) is 4.29. The summed E-state index contributed by atoms with van der Waals surface area (Å²) in [7, 11) is 4.90. The predicted molar refractivity (Wildman–Crippen MR) is 112 cm³/mol. The number of nitrogens with two attached hydrogens (primary N) is 1. The van der Waals surface area contributed by atoms with Crippen molar-refractivity contribution in [3.63, 3.8) is 0 Å². The number of amides is 1. The van der Waals surface area contributed by atoms with E-state index < -0.39 is 5.56 Å². The van der Waals surface area contributed by atoms with Gasteiger partial charge in [-0.25, -0.2) is 4.98 Å². The molecule has 0 fully saturated rings. The molecule has 0 atom stereocenters. The van der Waals surface area contributed by atoms with Crippen LogP contribution >= 0.6 is 0 Å². The van der Waals surface area contributed by atoms with Gasteiger partial charge in [-0.05, 0) is 36.4 Å². The fraction of sp³-hybridized carbons (Fsp3) is 0.150. The molecule has 0 aliphatic carbocycles. The molecule has 148 valence electrons. The lowest BCUT2D eigenvalue weighted by atomic mass is 10.1. The largest absolute Gasteiger partial charge is 0.495 e. The number of hydrogen-bond acceptors (Lipinski definition) is 7. The smallest absolute Gasteiger partial charge is 0.259 e. The van der Waals surface area contributed by atoms with Gasteiger partial charge >= 0.3 is 0 Å². The van der Waals surface area contributed by atoms with Crippen molar-refractivity contribution in [2.24, 2.45) is 15.9 Å². The quantitative estimate of drug-likeness (QED) is 0.388. The number of pyridine rings is 2. The highest BCUT2D eigenvalue weighted by molar-refractivity contribution is 6.38. The first-order chi connectivity index (χ1) is 13.9. The number of ether oxygens (including phenoxy) is 1. The number of rotatable bonds is 5. The van der Waals surface area contributed by atoms with Crippen LogP contribution in [0.2, 0.25) is 0 Å². The molecule has 0 bridgehead atoms. The second-order valence-corrected chi connectivity index (χ2v) is 6.34. The molecule has 3 aromatic rings. The monoisotopic (exact) mass is 392 g/mol. The molecule has 9 heteroatoms. The summed E-state index contributed by atoms with van der Waals surface area (Å²) in [6.07, 6.45) is 2.91. The zero-order valence-corrected chi connectivity index (χ0v) is 16.2. The SMILES string of the molecule is COc1cnc2[nH]c(=O)c(C(C=Nc3ccc(C(=O)N(C)C)cc3)=NN)cc2c1. The van der Waals surface area contributed by atoms with Crippen LogP contribution in [0.3, 0.4) is 0 Å². The lowest BCUT2D eigenvalue weighted by Gasteiger charge is -2.09. The summed E-state index contributed by atoms with van der Waals surface area (Å²) in [5.74, 6) is 5.95. The summed E-state index contributed by atoms with van der Waals surface area (Å²) >= 11 is 0. The van der Waals surface area contributed by atoms with E-state index in [0.29, 0.717) is 28.0 Å². The molecule has 0 aliphatic rings. The van der Waals surface area contributed by atoms with Crippen molar-refractivity contribution in [1.82, 2.24) is 14.9 Å². The van der Waals surface area contributed by atoms with E-state index in [1.165, 1.54) is 24.4 Å². The summed E-state index contributed by atoms with van der Waals surface area (Å²) < 4.78 is 5.16. The third-order valence-corrected chi connectivity index (χ3v) is 4.18. The van der Waals surface area contributed by atoms with Crippen LogP contribution in [0.5, 0.6) is 5.75 Å². The average molecular weight is 392 g/mol. The number of carbonyl (C=O) groups excluding carboxylic acids is 1. The number of carbonyl (C=O) groups is 1. The maximum Gasteiger partial charge on any atom is 0.259 e. The summed E-state index contributed by atoms with van der Waals surface area (Å²) in [4.78, 5) is 37.0. The lowest BCUT2D eigenvalue weighted by molar-refractivity contribution is 0.0827. The van der Waals surface area contributed by atoms with Gasteiger partial charge in [0.25, 0.3) is 11.5 Å². The molecule has 2 aromatic heterocycles. The molecule has 0 spiro atoms. The van der Waals surface area contributed by atoms with E-state index in [9.17, 15) is 9.59 Å². The van der Waals surface area contributed by atoms with Crippen molar-refractivity contribution in [3.8, 4) is 5.75 Å². The van der Waals surface area contributed by atoms with Crippen LogP contribution in [0.15, 0.2) is 57.5 Å². The van der Waals surface area contributed by atoms with Crippen molar-refractivity contribution in [1.29, 1.82) is 0 Å². The minimum absolute atomic E-state index is 0.100. The highest BCUT2D eigenvalue weighted by Gasteiger charge is 2.11. The Morgan fingerprint density at radius 2 is 1.97 bits per heavy atom. The molecule has 0 saturated carbocycles. The molecular formula is C20H20N6O3. The van der Waals surface area contributed by atoms with Gasteiger partial charge in [0, 0.05) is 25.0 Å². The van der Waals surface area contributed by atoms with Gasteiger partial charge in [0.15, 0.2) is 0 Å². The van der Waals surface area contributed by atoms with Crippen molar-refractivity contribution in [2.45, 2.75) is 0 Å². The lowest BCUT2D eigenvalue weighted by Crippen LogP contribution is -2.21. The summed E-state index contributed by atoms with van der Waals surface area (Å²) in [6, 6.07) is 10.1. The number of aromatic amines is 1. The highest BCUT2D eigenvalue weighted by Crippen LogP contribution is 2.17. The molecule has 3 rings (SSSR count). The van der Waals surface area contributed by atoms with Crippen molar-refractivity contribution < 1.29 is 9.53 Å². The Morgan fingerprint density at radius 1 is 1.24 bits per heavy atom. The predicted octanol–water partition coefficient (Wildman–Crippen LogP) is 1.70. The van der Waals surface area contributed by atoms with Gasteiger partial charge < -0.3 is 20.5 Å². The van der Waals surface area contributed by atoms with E-state index in [0.717, 1.165) is 0 Å². The van der Waals surface area contributed by atoms with Crippen LogP contribution in [0, 0.1) is 0 Å². The second-order valence-electron chi connectivity index (χ2n) is 6.34. The van der Waals surface area contributed by atoms with E-state index in [1.54, 1.807) is 50.5 Å². The number of methoxy groups -OCH3 is 1. The van der Waals surface area contributed by atoms with Gasteiger partial charge in [0.05, 0.1) is 30.8 Å². The number of H-pyrrole nitrogens is 1. The highest BCUT2D eigenvalue weighted by atomic mass is 16.5. The van der Waals surface area contributed by atoms with Crippen LogP contribution in [0.4, 0.5) is 5.69 Å². The van der Waals surface area contributed by atoms with Gasteiger partial charge in [-0.3, -0.25) is 14.6 Å². The standard InChI is InChI=1S/C20H20N6O3/c1-26(2)20(28)12-4-6-14(7-5-12)22-11-17(25-21)16-9-13-8-15(29-3)10-23-18(13)24-19(16)27/h4-11H,21H2,1-3H3,(H,23,24,27). The van der Waals surface area contributed by atoms with Crippen LogP contribution in [0.1, 0.15) is 15.9 Å². The maximum atomic E-state index is 12.4. The zero-order valence-electron chi connectivity index (χ0n) is 16.2. The number of aliphatic imine (C=N–C) groups is 1. The van der Waals surface area contributed by atoms with Gasteiger partial charge in [-0.15, -0.1) is 0 Å². The van der Waals surface area contributed by atoms with Gasteiger partial charge in [-0.1, -0.05) is 0 Å². The molecule has 2 heterocycles. The van der Waals surface area contributed by atoms with E-state index in [4.69, 9.17) is 10.6 Å². The number of nitrogens with one attached hydrogen (secondary N) is 1. The van der Waals surface area contributed by atoms with Crippen LogP contribution < -0.4 is 16.1 Å². The van der Waals surface area contributed by atoms with Gasteiger partial charge in [-0.2, -0.15) is 5.10 Å². The van der Waals surface area contributed by atoms with E-state index >= 15 is 0 Å². The first kappa shape index (κ1) is 19.7. The molecular weight excluding hydrogens is 372 g/mol. The number of aromatic nitrogens is 2. The topological polar surface area (TPSA) is 126 Å². The Morgan fingerprint density at radius 3 is 2.59 bits per heavy atom. The first-order valence-corrected chi connectivity index (χ1v) is 8.64. The molecule has 0 saturated heterocycles. The number of hydrogen-bond donors (Lipinski definition) is 2. The second kappa shape index (κ2) is 8.34. The van der Waals surface area contributed by atoms with Crippen molar-refractivity contribution in [2.75, 3.05) is 21.2 Å². The van der Waals surface area contributed by atoms with E-state index in [1.807, 2.05) is 0 Å². The fourth-order valence-corrected chi connectivity index (χ4v) is 2.63. The maximum absolute atomic E-state index is 12.4. The molecule has 0 aliphatic heterocycles. The van der Waals surface area contributed by atoms with Crippen molar-refractivity contribution in [3.05, 3.63) is 64.1 Å². The normalized spacial score (nSPS) is 11.8. The Kier molecular flexibility index (Phi) is 5.68. The van der Waals surface area contributed by atoms with Crippen LogP contribution in [-0.2, 0) is 0 Å². The molecule has 9 nitrogen and oxygen atoms in total. The zero-order chi connectivity index (χ0) is 21.0. The minimum Gasteiger partial charge on any atom is -0.495 e. The molecule has 0 unspecified atom stereocenters. The molecule has 0 radical (unpaired) electrons. The summed E-state index contributed by atoms with van der Waals surface area (Å²) in [5, 5.41) is 4.35. The average Bonchev–Trinajstić information content (AvgIpc) is 2.73. The van der Waals surface area contributed by atoms with E-state index in [2.05, 4.69) is 20.1 Å². The number of fused-ring (bicyclic) bond motifs is 1. The number of nitrogens with zero attached hydrogens (tertiary/aromatic N) is 4.